The average Bonchev–Trinajstić information content (AvgIpc) is 2.54. The summed E-state index contributed by atoms with van der Waals surface area (Å²) in [7, 11) is -1.66. The highest BCUT2D eigenvalue weighted by molar-refractivity contribution is 7.88. The van der Waals surface area contributed by atoms with Gasteiger partial charge < -0.3 is 15.0 Å². The van der Waals surface area contributed by atoms with Gasteiger partial charge in [-0.2, -0.15) is 0 Å². The van der Waals surface area contributed by atoms with E-state index >= 15 is 0 Å². The van der Waals surface area contributed by atoms with Gasteiger partial charge in [0.25, 0.3) is 5.91 Å². The summed E-state index contributed by atoms with van der Waals surface area (Å²) in [6.07, 6.45) is 0.190. The van der Waals surface area contributed by atoms with Crippen LogP contribution in [0.3, 0.4) is 0 Å². The van der Waals surface area contributed by atoms with Crippen LogP contribution in [0.25, 0.3) is 0 Å². The maximum atomic E-state index is 12.5. The van der Waals surface area contributed by atoms with Gasteiger partial charge in [0.1, 0.15) is 6.61 Å². The van der Waals surface area contributed by atoms with Crippen LogP contribution in [0.15, 0.2) is 24.3 Å². The Morgan fingerprint density at radius 2 is 2.00 bits per heavy atom. The zero-order valence-corrected chi connectivity index (χ0v) is 15.3. The Balaban J connectivity index is 2.12. The minimum Gasteiger partial charge on any atom is -0.356 e. The molecule has 1 saturated heterocycles. The maximum absolute atomic E-state index is 12.5. The molecule has 1 aliphatic rings. The summed E-state index contributed by atoms with van der Waals surface area (Å²) in [6.45, 7) is 1.96. The molecule has 0 aliphatic carbocycles. The van der Waals surface area contributed by atoms with E-state index in [0.717, 1.165) is 17.4 Å². The van der Waals surface area contributed by atoms with Crippen LogP contribution in [0.5, 0.6) is 0 Å². The van der Waals surface area contributed by atoms with Gasteiger partial charge in [-0.05, 0) is 18.1 Å². The van der Waals surface area contributed by atoms with Crippen LogP contribution in [0.2, 0.25) is 0 Å². The van der Waals surface area contributed by atoms with Gasteiger partial charge >= 0.3 is 0 Å². The first-order chi connectivity index (χ1) is 11.7. The Hall–Kier alpha value is -1.97. The molecular formula is C16H23N3O5S. The molecule has 1 aromatic rings. The average molecular weight is 369 g/mol. The monoisotopic (exact) mass is 369 g/mol. The molecule has 2 amide bonds. The van der Waals surface area contributed by atoms with Gasteiger partial charge in [-0.25, -0.2) is 13.1 Å². The zero-order valence-electron chi connectivity index (χ0n) is 14.5. The van der Waals surface area contributed by atoms with E-state index in [1.807, 2.05) is 31.2 Å². The van der Waals surface area contributed by atoms with E-state index < -0.39 is 22.2 Å². The lowest BCUT2D eigenvalue weighted by Crippen LogP contribution is -2.53. The number of carbonyl (C=O) groups excluding carboxylic acids is 2. The third-order valence-corrected chi connectivity index (χ3v) is 4.77. The number of benzene rings is 1. The third-order valence-electron chi connectivity index (χ3n) is 4.04. The largest absolute Gasteiger partial charge is 0.356 e. The quantitative estimate of drug-likeness (QED) is 0.662. The van der Waals surface area contributed by atoms with Crippen LogP contribution < -0.4 is 10.0 Å². The van der Waals surface area contributed by atoms with Gasteiger partial charge in [-0.15, -0.1) is 0 Å². The smallest absolute Gasteiger partial charge is 0.251 e. The van der Waals surface area contributed by atoms with E-state index in [0.29, 0.717) is 0 Å². The summed E-state index contributed by atoms with van der Waals surface area (Å²) in [5.74, 6) is -0.584. The number of rotatable bonds is 6. The van der Waals surface area contributed by atoms with Crippen LogP contribution in [0.4, 0.5) is 0 Å². The minimum absolute atomic E-state index is 0.0844. The standard InChI is InChI=1S/C16H23N3O5S/c1-11-6-4-5-7-12(11)14-15(24-10-13(20)19(14)2)16(21)17-8-9-18-25(3,22)23/h4-7,14-15,18H,8-10H2,1-3H3,(H,17,21)/t14-,15+/m1/s1. The predicted octanol–water partition coefficient (Wildman–Crippen LogP) is -0.441. The van der Waals surface area contributed by atoms with Crippen molar-refractivity contribution in [3.8, 4) is 0 Å². The Kier molecular flexibility index (Phi) is 6.15. The van der Waals surface area contributed by atoms with Crippen molar-refractivity contribution in [2.24, 2.45) is 0 Å². The molecule has 2 N–H and O–H groups in total. The van der Waals surface area contributed by atoms with Gasteiger partial charge in [0.05, 0.1) is 12.3 Å². The van der Waals surface area contributed by atoms with Gasteiger partial charge in [-0.3, -0.25) is 9.59 Å². The summed E-state index contributed by atoms with van der Waals surface area (Å²) < 4.78 is 29.9. The molecule has 1 aromatic carbocycles. The van der Waals surface area contributed by atoms with E-state index in [1.165, 1.54) is 4.90 Å². The van der Waals surface area contributed by atoms with E-state index in [1.54, 1.807) is 7.05 Å². The summed E-state index contributed by atoms with van der Waals surface area (Å²) in [5, 5.41) is 2.65. The number of nitrogens with one attached hydrogen (secondary N) is 2. The fourth-order valence-electron chi connectivity index (χ4n) is 2.74. The lowest BCUT2D eigenvalue weighted by Gasteiger charge is -2.38. The lowest BCUT2D eigenvalue weighted by molar-refractivity contribution is -0.162. The van der Waals surface area contributed by atoms with Gasteiger partial charge in [0.2, 0.25) is 15.9 Å². The highest BCUT2D eigenvalue weighted by Crippen LogP contribution is 2.31. The first kappa shape index (κ1) is 19.4. The highest BCUT2D eigenvalue weighted by atomic mass is 32.2. The second kappa shape index (κ2) is 7.94. The molecule has 0 spiro atoms. The number of ether oxygens (including phenoxy) is 1. The van der Waals surface area contributed by atoms with E-state index in [9.17, 15) is 18.0 Å². The SMILES string of the molecule is Cc1ccccc1[C@@H]1[C@@H](C(=O)NCCNS(C)(=O)=O)OCC(=O)N1C. The Labute approximate surface area is 147 Å². The number of carbonyl (C=O) groups is 2. The molecule has 1 fully saturated rings. The molecule has 1 heterocycles. The van der Waals surface area contributed by atoms with Crippen LogP contribution in [0, 0.1) is 6.92 Å². The van der Waals surface area contributed by atoms with Crippen molar-refractivity contribution in [1.82, 2.24) is 14.9 Å². The van der Waals surface area contributed by atoms with Crippen molar-refractivity contribution in [3.05, 3.63) is 35.4 Å². The van der Waals surface area contributed by atoms with Crippen molar-refractivity contribution in [2.45, 2.75) is 19.1 Å². The summed E-state index contributed by atoms with van der Waals surface area (Å²) in [6, 6.07) is 6.97. The molecule has 0 unspecified atom stereocenters. The van der Waals surface area contributed by atoms with Gasteiger partial charge in [0, 0.05) is 20.1 Å². The molecule has 0 saturated carbocycles. The van der Waals surface area contributed by atoms with E-state index in [2.05, 4.69) is 10.0 Å². The minimum atomic E-state index is -3.31. The second-order valence-electron chi connectivity index (χ2n) is 6.00. The first-order valence-corrected chi connectivity index (χ1v) is 9.75. The highest BCUT2D eigenvalue weighted by Gasteiger charge is 2.40. The van der Waals surface area contributed by atoms with Crippen LogP contribution in [-0.2, 0) is 24.3 Å². The Morgan fingerprint density at radius 3 is 2.64 bits per heavy atom. The molecular weight excluding hydrogens is 346 g/mol. The summed E-state index contributed by atoms with van der Waals surface area (Å²) in [5.41, 5.74) is 1.79. The topological polar surface area (TPSA) is 105 Å². The number of likely N-dealkylation sites (N-methyl/N-ethyl adjacent to an activating group) is 1. The molecule has 0 aromatic heterocycles. The Bertz CT molecular complexity index is 750. The predicted molar refractivity (Wildman–Crippen MR) is 92.3 cm³/mol. The van der Waals surface area contributed by atoms with E-state index in [4.69, 9.17) is 4.74 Å². The van der Waals surface area contributed by atoms with E-state index in [-0.39, 0.29) is 31.5 Å². The van der Waals surface area contributed by atoms with Crippen molar-refractivity contribution in [1.29, 1.82) is 0 Å². The molecule has 138 valence electrons. The normalized spacial score (nSPS) is 21.2. The molecule has 1 aliphatic heterocycles. The molecule has 0 radical (unpaired) electrons. The number of morpholine rings is 1. The molecule has 8 nitrogen and oxygen atoms in total. The third kappa shape index (κ3) is 5.00. The number of amides is 2. The fraction of sp³-hybridized carbons (Fsp3) is 0.500. The molecule has 2 rings (SSSR count). The van der Waals surface area contributed by atoms with Gasteiger partial charge in [0.15, 0.2) is 6.10 Å². The fourth-order valence-corrected chi connectivity index (χ4v) is 3.22. The molecule has 9 heteroatoms. The first-order valence-electron chi connectivity index (χ1n) is 7.86. The van der Waals surface area contributed by atoms with Crippen molar-refractivity contribution in [2.75, 3.05) is 33.0 Å². The number of hydrogen-bond acceptors (Lipinski definition) is 5. The summed E-state index contributed by atoms with van der Waals surface area (Å²) in [4.78, 5) is 26.1. The maximum Gasteiger partial charge on any atom is 0.251 e. The molecule has 0 bridgehead atoms. The lowest BCUT2D eigenvalue weighted by atomic mass is 9.94. The number of hydrogen-bond donors (Lipinski definition) is 2. The second-order valence-corrected chi connectivity index (χ2v) is 7.83. The van der Waals surface area contributed by atoms with Crippen molar-refractivity contribution in [3.63, 3.8) is 0 Å². The number of aryl methyl sites for hydroxylation is 1. The Morgan fingerprint density at radius 1 is 1.32 bits per heavy atom. The molecule has 25 heavy (non-hydrogen) atoms. The van der Waals surface area contributed by atoms with Crippen LogP contribution in [-0.4, -0.2) is 64.2 Å². The zero-order chi connectivity index (χ0) is 18.6. The number of nitrogens with zero attached hydrogens (tertiary/aromatic N) is 1. The van der Waals surface area contributed by atoms with Crippen molar-refractivity contribution < 1.29 is 22.7 Å². The van der Waals surface area contributed by atoms with Crippen LogP contribution >= 0.6 is 0 Å². The van der Waals surface area contributed by atoms with Gasteiger partial charge in [-0.1, -0.05) is 24.3 Å². The number of sulfonamides is 1. The van der Waals surface area contributed by atoms with Crippen molar-refractivity contribution >= 4 is 21.8 Å². The molecule has 2 atom stereocenters. The van der Waals surface area contributed by atoms with Crippen LogP contribution in [0.1, 0.15) is 17.2 Å². The summed E-state index contributed by atoms with van der Waals surface area (Å²) >= 11 is 0.